The Morgan fingerprint density at radius 1 is 1.00 bits per heavy atom. The van der Waals surface area contributed by atoms with E-state index in [1.54, 1.807) is 0 Å². The predicted octanol–water partition coefficient (Wildman–Crippen LogP) is 2.88. The highest BCUT2D eigenvalue weighted by molar-refractivity contribution is 5.20. The zero-order valence-electron chi connectivity index (χ0n) is 11.0. The molecule has 1 aromatic rings. The van der Waals surface area contributed by atoms with Gasteiger partial charge in [-0.05, 0) is 30.9 Å². The van der Waals surface area contributed by atoms with E-state index in [0.717, 1.165) is 6.42 Å². The van der Waals surface area contributed by atoms with E-state index in [2.05, 4.69) is 38.1 Å². The van der Waals surface area contributed by atoms with Crippen LogP contribution in [0.25, 0.3) is 0 Å². The van der Waals surface area contributed by atoms with Crippen molar-refractivity contribution in [1.29, 1.82) is 0 Å². The lowest BCUT2D eigenvalue weighted by Gasteiger charge is -2.18. The van der Waals surface area contributed by atoms with Crippen molar-refractivity contribution in [2.75, 3.05) is 0 Å². The number of rotatable bonds is 3. The quantitative estimate of drug-likeness (QED) is 0.826. The molecule has 2 unspecified atom stereocenters. The molecule has 0 heterocycles. The molecule has 0 saturated carbocycles. The van der Waals surface area contributed by atoms with Crippen LogP contribution < -0.4 is 11.5 Å². The van der Waals surface area contributed by atoms with E-state index in [1.807, 2.05) is 19.9 Å². The Hall–Kier alpha value is -0.860. The number of hydrogen-bond donors (Lipinski definition) is 2. The zero-order chi connectivity index (χ0) is 12.6. The molecule has 0 aliphatic carbocycles. The Morgan fingerprint density at radius 3 is 1.75 bits per heavy atom. The van der Waals surface area contributed by atoms with Gasteiger partial charge in [-0.3, -0.25) is 0 Å². The monoisotopic (exact) mass is 222 g/mol. The molecule has 16 heavy (non-hydrogen) atoms. The smallest absolute Gasteiger partial charge is 0.00792 e. The lowest BCUT2D eigenvalue weighted by Crippen LogP contribution is -2.24. The molecule has 0 radical (unpaired) electrons. The molecule has 2 nitrogen and oxygen atoms in total. The van der Waals surface area contributed by atoms with Crippen molar-refractivity contribution in [3.05, 3.63) is 35.9 Å². The molecule has 0 spiro atoms. The highest BCUT2D eigenvalue weighted by atomic mass is 14.6. The van der Waals surface area contributed by atoms with Gasteiger partial charge in [-0.25, -0.2) is 0 Å². The van der Waals surface area contributed by atoms with E-state index in [4.69, 9.17) is 11.5 Å². The molecule has 0 aliphatic heterocycles. The Kier molecular flexibility index (Phi) is 7.86. The van der Waals surface area contributed by atoms with Gasteiger partial charge in [-0.2, -0.15) is 0 Å². The van der Waals surface area contributed by atoms with Crippen molar-refractivity contribution in [2.24, 2.45) is 11.5 Å². The first-order chi connectivity index (χ1) is 7.49. The Labute approximate surface area is 100 Å². The molecule has 1 rings (SSSR count). The van der Waals surface area contributed by atoms with Gasteiger partial charge in [0.25, 0.3) is 0 Å². The van der Waals surface area contributed by atoms with Gasteiger partial charge in [0.05, 0.1) is 0 Å². The third-order valence-corrected chi connectivity index (χ3v) is 2.30. The van der Waals surface area contributed by atoms with Crippen LogP contribution in [0.1, 0.15) is 45.6 Å². The number of benzene rings is 1. The van der Waals surface area contributed by atoms with E-state index >= 15 is 0 Å². The lowest BCUT2D eigenvalue weighted by atomic mass is 9.91. The summed E-state index contributed by atoms with van der Waals surface area (Å²) in [6.07, 6.45) is 1.11. The molecule has 0 amide bonds. The van der Waals surface area contributed by atoms with Gasteiger partial charge in [0, 0.05) is 6.04 Å². The summed E-state index contributed by atoms with van der Waals surface area (Å²) >= 11 is 0. The van der Waals surface area contributed by atoms with Crippen molar-refractivity contribution in [2.45, 2.75) is 52.1 Å². The van der Waals surface area contributed by atoms with Crippen molar-refractivity contribution >= 4 is 0 Å². The van der Waals surface area contributed by atoms with Crippen LogP contribution in [-0.4, -0.2) is 12.1 Å². The van der Waals surface area contributed by atoms with Crippen LogP contribution in [0.3, 0.4) is 0 Å². The van der Waals surface area contributed by atoms with Crippen LogP contribution >= 0.6 is 0 Å². The first kappa shape index (κ1) is 15.1. The largest absolute Gasteiger partial charge is 0.328 e. The summed E-state index contributed by atoms with van der Waals surface area (Å²) in [6, 6.07) is 11.1. The van der Waals surface area contributed by atoms with Crippen molar-refractivity contribution in [3.63, 3.8) is 0 Å². The highest BCUT2D eigenvalue weighted by Gasteiger charge is 2.12. The van der Waals surface area contributed by atoms with Gasteiger partial charge in [-0.1, -0.05) is 51.1 Å². The molecule has 0 aromatic heterocycles. The molecular formula is C14H26N2. The Bertz CT molecular complexity index is 252. The van der Waals surface area contributed by atoms with Crippen LogP contribution in [0.2, 0.25) is 0 Å². The standard InChI is InChI=1S/C11H17N.C3H9N/c1-3-11(9(2)12)10-7-5-4-6-8-10;1-3(2)4/h4-9,11H,3,12H2,1-2H3;3H,4H2,1-2H3. The van der Waals surface area contributed by atoms with Crippen LogP contribution in [0.15, 0.2) is 30.3 Å². The van der Waals surface area contributed by atoms with Crippen LogP contribution in [0.5, 0.6) is 0 Å². The predicted molar refractivity (Wildman–Crippen MR) is 72.4 cm³/mol. The third-order valence-electron chi connectivity index (χ3n) is 2.30. The summed E-state index contributed by atoms with van der Waals surface area (Å²) in [6.45, 7) is 8.14. The summed E-state index contributed by atoms with van der Waals surface area (Å²) in [7, 11) is 0. The molecular weight excluding hydrogens is 196 g/mol. The molecule has 1 aromatic carbocycles. The van der Waals surface area contributed by atoms with Crippen molar-refractivity contribution < 1.29 is 0 Å². The first-order valence-electron chi connectivity index (χ1n) is 6.05. The van der Waals surface area contributed by atoms with E-state index in [-0.39, 0.29) is 6.04 Å². The van der Waals surface area contributed by atoms with Crippen LogP contribution in [0.4, 0.5) is 0 Å². The van der Waals surface area contributed by atoms with E-state index in [1.165, 1.54) is 5.56 Å². The summed E-state index contributed by atoms with van der Waals surface area (Å²) in [5, 5.41) is 0. The fourth-order valence-corrected chi connectivity index (χ4v) is 1.61. The van der Waals surface area contributed by atoms with Crippen molar-refractivity contribution in [3.8, 4) is 0 Å². The summed E-state index contributed by atoms with van der Waals surface area (Å²) < 4.78 is 0. The Balaban J connectivity index is 0.000000487. The summed E-state index contributed by atoms with van der Waals surface area (Å²) in [5.74, 6) is 0.506. The maximum Gasteiger partial charge on any atom is 0.00792 e. The average Bonchev–Trinajstić information content (AvgIpc) is 2.19. The Morgan fingerprint density at radius 2 is 1.44 bits per heavy atom. The molecule has 4 N–H and O–H groups in total. The SMILES string of the molecule is CC(C)N.CCC(c1ccccc1)C(C)N. The molecule has 0 fully saturated rings. The fraction of sp³-hybridized carbons (Fsp3) is 0.571. The van der Waals surface area contributed by atoms with E-state index in [0.29, 0.717) is 12.0 Å². The van der Waals surface area contributed by atoms with Gasteiger partial charge in [0.2, 0.25) is 0 Å². The minimum Gasteiger partial charge on any atom is -0.328 e. The number of hydrogen-bond acceptors (Lipinski definition) is 2. The summed E-state index contributed by atoms with van der Waals surface area (Å²) in [5.41, 5.74) is 12.3. The first-order valence-corrected chi connectivity index (χ1v) is 6.05. The zero-order valence-corrected chi connectivity index (χ0v) is 11.0. The second-order valence-electron chi connectivity index (χ2n) is 4.53. The molecule has 0 saturated heterocycles. The normalized spacial score (nSPS) is 13.9. The van der Waals surface area contributed by atoms with Gasteiger partial charge in [-0.15, -0.1) is 0 Å². The van der Waals surface area contributed by atoms with Crippen LogP contribution in [-0.2, 0) is 0 Å². The second kappa shape index (κ2) is 8.31. The minimum atomic E-state index is 0.248. The molecule has 2 atom stereocenters. The third kappa shape index (κ3) is 6.59. The van der Waals surface area contributed by atoms with Crippen molar-refractivity contribution in [1.82, 2.24) is 0 Å². The van der Waals surface area contributed by atoms with Gasteiger partial charge in [0.1, 0.15) is 0 Å². The highest BCUT2D eigenvalue weighted by Crippen LogP contribution is 2.21. The summed E-state index contributed by atoms with van der Waals surface area (Å²) in [4.78, 5) is 0. The average molecular weight is 222 g/mol. The minimum absolute atomic E-state index is 0.248. The van der Waals surface area contributed by atoms with Gasteiger partial charge in [0.15, 0.2) is 0 Å². The van der Waals surface area contributed by atoms with Gasteiger partial charge < -0.3 is 11.5 Å². The maximum absolute atomic E-state index is 5.88. The molecule has 0 aliphatic rings. The fourth-order valence-electron chi connectivity index (χ4n) is 1.61. The second-order valence-corrected chi connectivity index (χ2v) is 4.53. The van der Waals surface area contributed by atoms with E-state index in [9.17, 15) is 0 Å². The topological polar surface area (TPSA) is 52.0 Å². The lowest BCUT2D eigenvalue weighted by molar-refractivity contribution is 0.553. The maximum atomic E-state index is 5.88. The van der Waals surface area contributed by atoms with Crippen LogP contribution in [0, 0.1) is 0 Å². The molecule has 2 heteroatoms. The number of nitrogens with two attached hydrogens (primary N) is 2. The molecule has 0 bridgehead atoms. The van der Waals surface area contributed by atoms with E-state index < -0.39 is 0 Å². The molecule has 92 valence electrons. The van der Waals surface area contributed by atoms with Gasteiger partial charge >= 0.3 is 0 Å².